The van der Waals surface area contributed by atoms with Crippen LogP contribution in [0.5, 0.6) is 0 Å². The lowest BCUT2D eigenvalue weighted by molar-refractivity contribution is -0.121. The summed E-state index contributed by atoms with van der Waals surface area (Å²) in [5.41, 5.74) is 2.82. The predicted octanol–water partition coefficient (Wildman–Crippen LogP) is 3.58. The maximum atomic E-state index is 12.8. The van der Waals surface area contributed by atoms with E-state index in [1.54, 1.807) is 6.20 Å². The molecule has 1 aliphatic heterocycles. The van der Waals surface area contributed by atoms with Crippen molar-refractivity contribution >= 4 is 11.6 Å². The fourth-order valence-electron chi connectivity index (χ4n) is 3.83. The van der Waals surface area contributed by atoms with Crippen molar-refractivity contribution in [1.82, 2.24) is 19.6 Å². The summed E-state index contributed by atoms with van der Waals surface area (Å²) in [5.74, 6) is 1.86. The molecule has 0 aliphatic carbocycles. The zero-order valence-electron chi connectivity index (χ0n) is 17.0. The van der Waals surface area contributed by atoms with Crippen LogP contribution in [0.2, 0.25) is 0 Å². The summed E-state index contributed by atoms with van der Waals surface area (Å²) in [7, 11) is 0. The Morgan fingerprint density at radius 1 is 1.31 bits per heavy atom. The van der Waals surface area contributed by atoms with Gasteiger partial charge in [0, 0.05) is 36.4 Å². The molecule has 3 heterocycles. The van der Waals surface area contributed by atoms with Crippen molar-refractivity contribution in [2.75, 3.05) is 18.4 Å². The highest BCUT2D eigenvalue weighted by Gasteiger charge is 2.26. The molecular weight excluding hydrogens is 366 g/mol. The molecule has 7 heteroatoms. The molecule has 3 aromatic rings. The van der Waals surface area contributed by atoms with Crippen LogP contribution >= 0.6 is 0 Å². The summed E-state index contributed by atoms with van der Waals surface area (Å²) in [4.78, 5) is 19.3. The Labute approximate surface area is 170 Å². The molecule has 0 radical (unpaired) electrons. The average Bonchev–Trinajstić information content (AvgIpc) is 3.37. The molecule has 1 aromatic carbocycles. The SMILES string of the molecule is CCc1cc(CN2CCCC(C(=O)Nc3ccc(-n4ccnc4C)cc3)C2)on1. The second-order valence-corrected chi connectivity index (χ2v) is 7.59. The van der Waals surface area contributed by atoms with Crippen molar-refractivity contribution in [2.45, 2.75) is 39.7 Å². The number of carbonyl (C=O) groups excluding carboxylic acids is 1. The number of nitrogens with one attached hydrogen (secondary N) is 1. The number of imidazole rings is 1. The molecule has 2 aromatic heterocycles. The number of nitrogens with zero attached hydrogens (tertiary/aromatic N) is 4. The number of aromatic nitrogens is 3. The van der Waals surface area contributed by atoms with E-state index >= 15 is 0 Å². The van der Waals surface area contributed by atoms with E-state index in [2.05, 4.69) is 27.3 Å². The molecule has 152 valence electrons. The minimum Gasteiger partial charge on any atom is -0.360 e. The van der Waals surface area contributed by atoms with E-state index in [1.807, 2.05) is 48.0 Å². The first kappa shape index (κ1) is 19.4. The van der Waals surface area contributed by atoms with Gasteiger partial charge in [-0.3, -0.25) is 9.69 Å². The molecule has 1 aliphatic rings. The van der Waals surface area contributed by atoms with Crippen molar-refractivity contribution in [3.05, 3.63) is 60.0 Å². The number of likely N-dealkylation sites (tertiary alicyclic amines) is 1. The quantitative estimate of drug-likeness (QED) is 0.693. The third-order valence-corrected chi connectivity index (χ3v) is 5.46. The first-order valence-corrected chi connectivity index (χ1v) is 10.2. The van der Waals surface area contributed by atoms with Gasteiger partial charge >= 0.3 is 0 Å². The topological polar surface area (TPSA) is 76.2 Å². The lowest BCUT2D eigenvalue weighted by Gasteiger charge is -2.31. The first-order valence-electron chi connectivity index (χ1n) is 10.2. The van der Waals surface area contributed by atoms with Crippen LogP contribution in [0.4, 0.5) is 5.69 Å². The first-order chi connectivity index (χ1) is 14.1. The van der Waals surface area contributed by atoms with Crippen LogP contribution in [-0.2, 0) is 17.8 Å². The Hall–Kier alpha value is -2.93. The fraction of sp³-hybridized carbons (Fsp3) is 0.409. The van der Waals surface area contributed by atoms with Crippen LogP contribution in [0.3, 0.4) is 0 Å². The Kier molecular flexibility index (Phi) is 5.76. The largest absolute Gasteiger partial charge is 0.360 e. The summed E-state index contributed by atoms with van der Waals surface area (Å²) < 4.78 is 7.41. The van der Waals surface area contributed by atoms with Crippen LogP contribution in [0.25, 0.3) is 5.69 Å². The Bertz CT molecular complexity index is 960. The van der Waals surface area contributed by atoms with Gasteiger partial charge in [-0.05, 0) is 57.0 Å². The molecular formula is C22H27N5O2. The van der Waals surface area contributed by atoms with Gasteiger partial charge in [-0.25, -0.2) is 4.98 Å². The van der Waals surface area contributed by atoms with E-state index in [-0.39, 0.29) is 11.8 Å². The second-order valence-electron chi connectivity index (χ2n) is 7.59. The van der Waals surface area contributed by atoms with E-state index in [1.165, 1.54) is 0 Å². The van der Waals surface area contributed by atoms with Crippen LogP contribution in [-0.4, -0.2) is 38.6 Å². The normalized spacial score (nSPS) is 17.4. The number of hydrogen-bond acceptors (Lipinski definition) is 5. The Balaban J connectivity index is 1.34. The molecule has 1 atom stereocenters. The van der Waals surface area contributed by atoms with Crippen molar-refractivity contribution in [3.8, 4) is 5.69 Å². The molecule has 1 N–H and O–H groups in total. The molecule has 7 nitrogen and oxygen atoms in total. The second kappa shape index (κ2) is 8.61. The van der Waals surface area contributed by atoms with Gasteiger partial charge in [0.25, 0.3) is 0 Å². The highest BCUT2D eigenvalue weighted by Crippen LogP contribution is 2.22. The highest BCUT2D eigenvalue weighted by molar-refractivity contribution is 5.92. The van der Waals surface area contributed by atoms with Gasteiger partial charge in [-0.2, -0.15) is 0 Å². The number of piperidine rings is 1. The molecule has 0 spiro atoms. The lowest BCUT2D eigenvalue weighted by Crippen LogP contribution is -2.40. The van der Waals surface area contributed by atoms with Crippen molar-refractivity contribution in [3.63, 3.8) is 0 Å². The van der Waals surface area contributed by atoms with Gasteiger partial charge in [-0.1, -0.05) is 12.1 Å². The zero-order valence-corrected chi connectivity index (χ0v) is 17.0. The van der Waals surface area contributed by atoms with Gasteiger partial charge in [0.2, 0.25) is 5.91 Å². The van der Waals surface area contributed by atoms with E-state index in [0.29, 0.717) is 6.54 Å². The third-order valence-electron chi connectivity index (χ3n) is 5.46. The number of anilines is 1. The number of hydrogen-bond donors (Lipinski definition) is 1. The number of rotatable bonds is 6. The van der Waals surface area contributed by atoms with Crippen molar-refractivity contribution in [2.24, 2.45) is 5.92 Å². The van der Waals surface area contributed by atoms with Crippen LogP contribution < -0.4 is 5.32 Å². The van der Waals surface area contributed by atoms with Gasteiger partial charge in [0.15, 0.2) is 5.76 Å². The Morgan fingerprint density at radius 2 is 2.14 bits per heavy atom. The zero-order chi connectivity index (χ0) is 20.2. The highest BCUT2D eigenvalue weighted by atomic mass is 16.5. The van der Waals surface area contributed by atoms with Gasteiger partial charge < -0.3 is 14.4 Å². The molecule has 0 bridgehead atoms. The maximum Gasteiger partial charge on any atom is 0.228 e. The monoisotopic (exact) mass is 393 g/mol. The number of aryl methyl sites for hydroxylation is 2. The predicted molar refractivity (Wildman–Crippen MR) is 111 cm³/mol. The van der Waals surface area contributed by atoms with Gasteiger partial charge in [-0.15, -0.1) is 0 Å². The summed E-state index contributed by atoms with van der Waals surface area (Å²) in [6, 6.07) is 9.87. The standard InChI is InChI=1S/C22H27N5O2/c1-3-18-13-21(29-25-18)15-26-11-4-5-17(14-26)22(28)24-19-6-8-20(9-7-19)27-12-10-23-16(27)2/h6-10,12-13,17H,3-5,11,14-15H2,1-2H3,(H,24,28). The molecule has 1 unspecified atom stereocenters. The molecule has 0 saturated carbocycles. The summed E-state index contributed by atoms with van der Waals surface area (Å²) >= 11 is 0. The van der Waals surface area contributed by atoms with Crippen LogP contribution in [0.15, 0.2) is 47.2 Å². The van der Waals surface area contributed by atoms with E-state index in [9.17, 15) is 4.79 Å². The van der Waals surface area contributed by atoms with Crippen molar-refractivity contribution in [1.29, 1.82) is 0 Å². The molecule has 1 fully saturated rings. The van der Waals surface area contributed by atoms with Crippen LogP contribution in [0, 0.1) is 12.8 Å². The molecule has 1 saturated heterocycles. The smallest absolute Gasteiger partial charge is 0.228 e. The summed E-state index contributed by atoms with van der Waals surface area (Å²) in [6.45, 7) is 6.44. The number of amides is 1. The minimum atomic E-state index is -0.0205. The molecule has 29 heavy (non-hydrogen) atoms. The third kappa shape index (κ3) is 4.56. The molecule has 4 rings (SSSR count). The fourth-order valence-corrected chi connectivity index (χ4v) is 3.83. The average molecular weight is 393 g/mol. The van der Waals surface area contributed by atoms with E-state index in [0.717, 1.165) is 61.0 Å². The van der Waals surface area contributed by atoms with Crippen LogP contribution in [0.1, 0.15) is 37.0 Å². The Morgan fingerprint density at radius 3 is 2.83 bits per heavy atom. The number of benzene rings is 1. The van der Waals surface area contributed by atoms with E-state index < -0.39 is 0 Å². The van der Waals surface area contributed by atoms with Gasteiger partial charge in [0.1, 0.15) is 5.82 Å². The van der Waals surface area contributed by atoms with E-state index in [4.69, 9.17) is 4.52 Å². The summed E-state index contributed by atoms with van der Waals surface area (Å²) in [5, 5.41) is 7.12. The molecule has 1 amide bonds. The number of carbonyl (C=O) groups is 1. The minimum absolute atomic E-state index is 0.0205. The van der Waals surface area contributed by atoms with Gasteiger partial charge in [0.05, 0.1) is 18.2 Å². The van der Waals surface area contributed by atoms with Crippen molar-refractivity contribution < 1.29 is 9.32 Å². The lowest BCUT2D eigenvalue weighted by atomic mass is 9.97. The summed E-state index contributed by atoms with van der Waals surface area (Å²) in [6.07, 6.45) is 6.49. The maximum absolute atomic E-state index is 12.8.